The highest BCUT2D eigenvalue weighted by molar-refractivity contribution is 5.79. The van der Waals surface area contributed by atoms with Gasteiger partial charge in [0.15, 0.2) is 0 Å². The summed E-state index contributed by atoms with van der Waals surface area (Å²) in [7, 11) is 1.60. The molecule has 0 unspecified atom stereocenters. The van der Waals surface area contributed by atoms with Crippen molar-refractivity contribution in [3.63, 3.8) is 0 Å². The quantitative estimate of drug-likeness (QED) is 0.525. The van der Waals surface area contributed by atoms with Crippen LogP contribution in [0.25, 0.3) is 11.4 Å². The molecule has 0 N–H and O–H groups in total. The predicted octanol–water partition coefficient (Wildman–Crippen LogP) is 4.30. The minimum Gasteiger partial charge on any atom is -0.497 e. The fourth-order valence-corrected chi connectivity index (χ4v) is 3.14. The summed E-state index contributed by atoms with van der Waals surface area (Å²) in [5.41, 5.74) is 1.59. The van der Waals surface area contributed by atoms with E-state index in [2.05, 4.69) is 10.1 Å². The molecule has 7 heteroatoms. The molecule has 6 nitrogen and oxygen atoms in total. The maximum absolute atomic E-state index is 13.1. The summed E-state index contributed by atoms with van der Waals surface area (Å²) in [6, 6.07) is 13.5. The number of rotatable bonds is 9. The highest BCUT2D eigenvalue weighted by Gasteiger charge is 2.20. The smallest absolute Gasteiger partial charge is 0.228 e. The second kappa shape index (κ2) is 10.0. The molecule has 158 valence electrons. The van der Waals surface area contributed by atoms with Crippen LogP contribution in [0.2, 0.25) is 0 Å². The predicted molar refractivity (Wildman–Crippen MR) is 112 cm³/mol. The number of benzene rings is 2. The van der Waals surface area contributed by atoms with Gasteiger partial charge >= 0.3 is 0 Å². The van der Waals surface area contributed by atoms with Gasteiger partial charge in [0.25, 0.3) is 0 Å². The van der Waals surface area contributed by atoms with Gasteiger partial charge < -0.3 is 14.2 Å². The zero-order valence-corrected chi connectivity index (χ0v) is 17.5. The number of amides is 1. The molecule has 1 amide bonds. The average Bonchev–Trinajstić information content (AvgIpc) is 3.24. The highest BCUT2D eigenvalue weighted by atomic mass is 19.1. The topological polar surface area (TPSA) is 68.5 Å². The van der Waals surface area contributed by atoms with E-state index in [0.717, 1.165) is 17.5 Å². The molecule has 0 aliphatic carbocycles. The molecule has 0 saturated carbocycles. The van der Waals surface area contributed by atoms with Gasteiger partial charge in [-0.2, -0.15) is 4.98 Å². The van der Waals surface area contributed by atoms with Crippen LogP contribution in [-0.4, -0.2) is 40.6 Å². The number of methoxy groups -OCH3 is 1. The van der Waals surface area contributed by atoms with Crippen LogP contribution in [0, 0.1) is 5.82 Å². The molecule has 1 aromatic heterocycles. The number of hydrogen-bond acceptors (Lipinski definition) is 5. The fraction of sp³-hybridized carbons (Fsp3) is 0.348. The van der Waals surface area contributed by atoms with Crippen LogP contribution in [0.1, 0.15) is 31.7 Å². The summed E-state index contributed by atoms with van der Waals surface area (Å²) >= 11 is 0. The lowest BCUT2D eigenvalue weighted by Gasteiger charge is -2.28. The summed E-state index contributed by atoms with van der Waals surface area (Å²) < 4.78 is 23.7. The second-order valence-electron chi connectivity index (χ2n) is 7.14. The Morgan fingerprint density at radius 3 is 2.70 bits per heavy atom. The molecule has 3 aromatic rings. The van der Waals surface area contributed by atoms with Gasteiger partial charge in [0.1, 0.15) is 11.6 Å². The zero-order valence-electron chi connectivity index (χ0n) is 17.5. The van der Waals surface area contributed by atoms with E-state index in [-0.39, 0.29) is 24.2 Å². The normalized spacial score (nSPS) is 11.9. The fourth-order valence-electron chi connectivity index (χ4n) is 3.14. The summed E-state index contributed by atoms with van der Waals surface area (Å²) in [6.45, 7) is 4.52. The Balaban J connectivity index is 1.66. The van der Waals surface area contributed by atoms with Crippen molar-refractivity contribution in [1.82, 2.24) is 15.0 Å². The second-order valence-corrected chi connectivity index (χ2v) is 7.14. The van der Waals surface area contributed by atoms with Crippen molar-refractivity contribution in [1.29, 1.82) is 0 Å². The number of carbonyl (C=O) groups excluding carboxylic acids is 1. The molecule has 2 aromatic carbocycles. The average molecular weight is 411 g/mol. The Morgan fingerprint density at radius 2 is 2.00 bits per heavy atom. The van der Waals surface area contributed by atoms with Gasteiger partial charge in [-0.25, -0.2) is 4.39 Å². The lowest BCUT2D eigenvalue weighted by molar-refractivity contribution is -0.132. The lowest BCUT2D eigenvalue weighted by Crippen LogP contribution is -2.40. The molecule has 0 spiro atoms. The highest BCUT2D eigenvalue weighted by Crippen LogP contribution is 2.21. The summed E-state index contributed by atoms with van der Waals surface area (Å²) in [4.78, 5) is 19.1. The Labute approximate surface area is 175 Å². The molecule has 0 saturated heterocycles. The molecule has 1 atom stereocenters. The Hall–Kier alpha value is -3.22. The van der Waals surface area contributed by atoms with Crippen molar-refractivity contribution in [3.8, 4) is 17.1 Å². The van der Waals surface area contributed by atoms with Crippen LogP contribution in [0.3, 0.4) is 0 Å². The molecule has 0 aliphatic heterocycles. The lowest BCUT2D eigenvalue weighted by atomic mass is 10.1. The van der Waals surface area contributed by atoms with Crippen LogP contribution >= 0.6 is 0 Å². The van der Waals surface area contributed by atoms with Crippen molar-refractivity contribution in [3.05, 3.63) is 65.8 Å². The van der Waals surface area contributed by atoms with Crippen molar-refractivity contribution in [2.45, 2.75) is 39.2 Å². The van der Waals surface area contributed by atoms with E-state index in [9.17, 15) is 9.18 Å². The van der Waals surface area contributed by atoms with Crippen LogP contribution < -0.4 is 4.74 Å². The van der Waals surface area contributed by atoms with Crippen LogP contribution in [0.5, 0.6) is 5.75 Å². The summed E-state index contributed by atoms with van der Waals surface area (Å²) in [5.74, 6) is 1.34. The van der Waals surface area contributed by atoms with E-state index in [1.807, 2.05) is 43.0 Å². The first-order valence-corrected chi connectivity index (χ1v) is 10.0. The summed E-state index contributed by atoms with van der Waals surface area (Å²) in [6.07, 6.45) is 1.51. The van der Waals surface area contributed by atoms with Gasteiger partial charge in [-0.1, -0.05) is 36.3 Å². The van der Waals surface area contributed by atoms with E-state index >= 15 is 0 Å². The molecule has 0 aliphatic rings. The summed E-state index contributed by atoms with van der Waals surface area (Å²) in [5, 5.41) is 4.05. The first-order chi connectivity index (χ1) is 14.5. The molecule has 3 rings (SSSR count). The van der Waals surface area contributed by atoms with Crippen LogP contribution in [0.15, 0.2) is 53.1 Å². The minimum absolute atomic E-state index is 0.0107. The van der Waals surface area contributed by atoms with E-state index in [4.69, 9.17) is 9.26 Å². The number of nitrogens with zero attached hydrogens (tertiary/aromatic N) is 3. The third-order valence-electron chi connectivity index (χ3n) is 5.07. The molecule has 0 fully saturated rings. The molecular formula is C23H26FN3O3. The zero-order chi connectivity index (χ0) is 21.5. The Morgan fingerprint density at radius 1 is 1.23 bits per heavy atom. The van der Waals surface area contributed by atoms with Gasteiger partial charge in [0.05, 0.1) is 13.5 Å². The Kier molecular flexibility index (Phi) is 7.17. The van der Waals surface area contributed by atoms with Gasteiger partial charge in [-0.3, -0.25) is 4.79 Å². The van der Waals surface area contributed by atoms with Gasteiger partial charge in [-0.15, -0.1) is 0 Å². The van der Waals surface area contributed by atoms with E-state index in [1.54, 1.807) is 19.2 Å². The van der Waals surface area contributed by atoms with Crippen LogP contribution in [-0.2, 0) is 17.6 Å². The largest absolute Gasteiger partial charge is 0.497 e. The first-order valence-electron chi connectivity index (χ1n) is 10.0. The van der Waals surface area contributed by atoms with Crippen molar-refractivity contribution in [2.24, 2.45) is 0 Å². The number of aromatic nitrogens is 2. The van der Waals surface area contributed by atoms with Crippen molar-refractivity contribution in [2.75, 3.05) is 13.7 Å². The van der Waals surface area contributed by atoms with Crippen molar-refractivity contribution >= 4 is 5.91 Å². The molecule has 1 heterocycles. The molecule has 0 bridgehead atoms. The third-order valence-corrected chi connectivity index (χ3v) is 5.07. The third kappa shape index (κ3) is 5.43. The number of halogens is 1. The standard InChI is InChI=1S/C23H26FN3O3/c1-4-16(2)27(22(28)14-17-8-10-19(24)11-9-17)13-12-21-25-23(26-30-21)18-6-5-7-20(15-18)29-3/h5-11,15-16H,4,12-14H2,1-3H3/t16-/m0/s1. The maximum Gasteiger partial charge on any atom is 0.228 e. The SMILES string of the molecule is CC[C@H](C)N(CCc1nc(-c2cccc(OC)c2)no1)C(=O)Cc1ccc(F)cc1. The molecule has 0 radical (unpaired) electrons. The van der Waals surface area contributed by atoms with E-state index in [0.29, 0.717) is 30.4 Å². The van der Waals surface area contributed by atoms with Gasteiger partial charge in [-0.05, 0) is 43.2 Å². The van der Waals surface area contributed by atoms with E-state index < -0.39 is 0 Å². The molecule has 30 heavy (non-hydrogen) atoms. The maximum atomic E-state index is 13.1. The minimum atomic E-state index is -0.312. The van der Waals surface area contributed by atoms with Crippen LogP contribution in [0.4, 0.5) is 4.39 Å². The van der Waals surface area contributed by atoms with Crippen molar-refractivity contribution < 1.29 is 18.4 Å². The molecular weight excluding hydrogens is 385 g/mol. The Bertz CT molecular complexity index is 972. The number of carbonyl (C=O) groups is 1. The van der Waals surface area contributed by atoms with Gasteiger partial charge in [0, 0.05) is 24.6 Å². The monoisotopic (exact) mass is 411 g/mol. The number of hydrogen-bond donors (Lipinski definition) is 0. The van der Waals surface area contributed by atoms with E-state index in [1.165, 1.54) is 12.1 Å². The first kappa shape index (κ1) is 21.5. The van der Waals surface area contributed by atoms with Gasteiger partial charge in [0.2, 0.25) is 17.6 Å². The number of ether oxygens (including phenoxy) is 1.